The quantitative estimate of drug-likeness (QED) is 0.606. The predicted octanol–water partition coefficient (Wildman–Crippen LogP) is 4.14. The van der Waals surface area contributed by atoms with Gasteiger partial charge in [0.25, 0.3) is 0 Å². The molecule has 0 radical (unpaired) electrons. The topological polar surface area (TPSA) is 43.4 Å². The number of ether oxygens (including phenoxy) is 1. The molecule has 1 aromatic rings. The first-order valence-corrected chi connectivity index (χ1v) is 7.82. The second-order valence-corrected chi connectivity index (χ2v) is 7.31. The first-order chi connectivity index (χ1) is 9.97. The number of Topliss-reactive ketones (excluding diaryl/α,β-unsaturated/α-hetero) is 1. The van der Waals surface area contributed by atoms with E-state index >= 15 is 0 Å². The van der Waals surface area contributed by atoms with Crippen molar-refractivity contribution in [3.05, 3.63) is 34.9 Å². The fraction of sp³-hybridized carbons (Fsp3) is 0.579. The van der Waals surface area contributed by atoms with Gasteiger partial charge in [-0.3, -0.25) is 9.59 Å². The zero-order chi connectivity index (χ0) is 17.1. The number of hydrogen-bond acceptors (Lipinski definition) is 3. The van der Waals surface area contributed by atoms with Crippen LogP contribution in [0.25, 0.3) is 0 Å². The van der Waals surface area contributed by atoms with Crippen molar-refractivity contribution >= 4 is 11.8 Å². The highest BCUT2D eigenvalue weighted by molar-refractivity contribution is 6.01. The van der Waals surface area contributed by atoms with Gasteiger partial charge in [-0.25, -0.2) is 0 Å². The Bertz CT molecular complexity index is 563. The molecule has 0 spiro atoms. The maximum Gasteiger partial charge on any atom is 0.313 e. The zero-order valence-corrected chi connectivity index (χ0v) is 14.9. The molecule has 0 aromatic heterocycles. The zero-order valence-electron chi connectivity index (χ0n) is 14.9. The van der Waals surface area contributed by atoms with Gasteiger partial charge in [0.05, 0.1) is 0 Å². The highest BCUT2D eigenvalue weighted by atomic mass is 16.6. The van der Waals surface area contributed by atoms with Gasteiger partial charge in [-0.1, -0.05) is 25.1 Å². The molecule has 0 saturated heterocycles. The van der Waals surface area contributed by atoms with Crippen LogP contribution in [-0.4, -0.2) is 17.4 Å². The average Bonchev–Trinajstić information content (AvgIpc) is 2.35. The molecular formula is C19H28O3. The van der Waals surface area contributed by atoms with E-state index in [1.54, 1.807) is 20.8 Å². The Morgan fingerprint density at radius 1 is 1.09 bits per heavy atom. The number of ketones is 1. The lowest BCUT2D eigenvalue weighted by atomic mass is 9.78. The summed E-state index contributed by atoms with van der Waals surface area (Å²) in [5.41, 5.74) is 2.13. The predicted molar refractivity (Wildman–Crippen MR) is 89.1 cm³/mol. The van der Waals surface area contributed by atoms with Crippen molar-refractivity contribution in [1.82, 2.24) is 0 Å². The summed E-state index contributed by atoms with van der Waals surface area (Å²) in [5.74, 6) is -0.585. The number of carbonyl (C=O) groups excluding carboxylic acids is 2. The fourth-order valence-electron chi connectivity index (χ4n) is 2.37. The van der Waals surface area contributed by atoms with Crippen molar-refractivity contribution in [2.24, 2.45) is 0 Å². The second kappa shape index (κ2) is 6.64. The number of aryl methyl sites for hydroxylation is 2. The third-order valence-electron chi connectivity index (χ3n) is 3.87. The molecule has 0 N–H and O–H groups in total. The van der Waals surface area contributed by atoms with Gasteiger partial charge in [0.1, 0.15) is 12.0 Å². The highest BCUT2D eigenvalue weighted by Gasteiger charge is 2.32. The molecule has 1 rings (SSSR count). The van der Waals surface area contributed by atoms with Crippen LogP contribution in [0.1, 0.15) is 64.7 Å². The van der Waals surface area contributed by atoms with Crippen molar-refractivity contribution in [2.45, 2.75) is 72.3 Å². The summed E-state index contributed by atoms with van der Waals surface area (Å²) in [4.78, 5) is 24.4. The van der Waals surface area contributed by atoms with E-state index in [1.807, 2.05) is 26.0 Å². The molecule has 0 fully saturated rings. The largest absolute Gasteiger partial charge is 0.460 e. The normalized spacial score (nSPS) is 12.1. The summed E-state index contributed by atoms with van der Waals surface area (Å²) >= 11 is 0. The molecule has 0 saturated carbocycles. The van der Waals surface area contributed by atoms with E-state index in [9.17, 15) is 9.59 Å². The lowest BCUT2D eigenvalue weighted by Crippen LogP contribution is -2.33. The number of hydrogen-bond donors (Lipinski definition) is 0. The van der Waals surface area contributed by atoms with Crippen LogP contribution in [0.2, 0.25) is 0 Å². The molecule has 0 aliphatic carbocycles. The Hall–Kier alpha value is -1.64. The SMILES string of the molecule is CCc1ccc(C(C)(C)C(=O)CC(=O)OC(C)(C)C)cc1C. The molecule has 3 heteroatoms. The minimum atomic E-state index is -0.700. The van der Waals surface area contributed by atoms with Gasteiger partial charge in [0.2, 0.25) is 0 Å². The Balaban J connectivity index is 2.91. The molecule has 0 unspecified atom stereocenters. The van der Waals surface area contributed by atoms with E-state index in [2.05, 4.69) is 19.9 Å². The van der Waals surface area contributed by atoms with Crippen LogP contribution < -0.4 is 0 Å². The van der Waals surface area contributed by atoms with Gasteiger partial charge in [0, 0.05) is 5.41 Å². The van der Waals surface area contributed by atoms with E-state index in [0.717, 1.165) is 12.0 Å². The van der Waals surface area contributed by atoms with Crippen LogP contribution in [0, 0.1) is 6.92 Å². The lowest BCUT2D eigenvalue weighted by molar-refractivity contribution is -0.156. The monoisotopic (exact) mass is 304 g/mol. The van der Waals surface area contributed by atoms with Crippen molar-refractivity contribution in [3.63, 3.8) is 0 Å². The standard InChI is InChI=1S/C19H28O3/c1-8-14-9-10-15(11-13(14)2)19(6,7)16(20)12-17(21)22-18(3,4)5/h9-11H,8,12H2,1-7H3. The molecule has 3 nitrogen and oxygen atoms in total. The molecule has 0 bridgehead atoms. The third kappa shape index (κ3) is 4.69. The molecular weight excluding hydrogens is 276 g/mol. The Morgan fingerprint density at radius 3 is 2.14 bits per heavy atom. The maximum atomic E-state index is 12.5. The van der Waals surface area contributed by atoms with Crippen LogP contribution in [0.15, 0.2) is 18.2 Å². The van der Waals surface area contributed by atoms with Crippen LogP contribution >= 0.6 is 0 Å². The van der Waals surface area contributed by atoms with Gasteiger partial charge in [0.15, 0.2) is 5.78 Å². The first-order valence-electron chi connectivity index (χ1n) is 7.82. The summed E-state index contributed by atoms with van der Waals surface area (Å²) in [6, 6.07) is 6.10. The molecule has 0 amide bonds. The molecule has 22 heavy (non-hydrogen) atoms. The Kier molecular flexibility index (Phi) is 5.55. The number of esters is 1. The first kappa shape index (κ1) is 18.4. The molecule has 0 aliphatic heterocycles. The van der Waals surface area contributed by atoms with E-state index in [1.165, 1.54) is 11.1 Å². The molecule has 1 aromatic carbocycles. The highest BCUT2D eigenvalue weighted by Crippen LogP contribution is 2.28. The maximum absolute atomic E-state index is 12.5. The van der Waals surface area contributed by atoms with Crippen molar-refractivity contribution in [2.75, 3.05) is 0 Å². The lowest BCUT2D eigenvalue weighted by Gasteiger charge is -2.26. The summed E-state index contributed by atoms with van der Waals surface area (Å²) in [6.45, 7) is 13.3. The van der Waals surface area contributed by atoms with Crippen molar-refractivity contribution in [1.29, 1.82) is 0 Å². The molecule has 0 aliphatic rings. The average molecular weight is 304 g/mol. The van der Waals surface area contributed by atoms with E-state index in [-0.39, 0.29) is 12.2 Å². The van der Waals surface area contributed by atoms with Gasteiger partial charge in [-0.15, -0.1) is 0 Å². The van der Waals surface area contributed by atoms with Gasteiger partial charge < -0.3 is 4.74 Å². The van der Waals surface area contributed by atoms with Gasteiger partial charge in [-0.05, 0) is 64.7 Å². The number of benzene rings is 1. The van der Waals surface area contributed by atoms with E-state index in [0.29, 0.717) is 0 Å². The Morgan fingerprint density at radius 2 is 1.68 bits per heavy atom. The minimum Gasteiger partial charge on any atom is -0.460 e. The number of rotatable bonds is 5. The van der Waals surface area contributed by atoms with Crippen LogP contribution in [0.5, 0.6) is 0 Å². The molecule has 122 valence electrons. The summed E-state index contributed by atoms with van der Waals surface area (Å²) in [7, 11) is 0. The van der Waals surface area contributed by atoms with Gasteiger partial charge >= 0.3 is 5.97 Å². The second-order valence-electron chi connectivity index (χ2n) is 7.31. The molecule has 0 atom stereocenters. The fourth-order valence-corrected chi connectivity index (χ4v) is 2.37. The van der Waals surface area contributed by atoms with Crippen molar-refractivity contribution < 1.29 is 14.3 Å². The Labute approximate surface area is 134 Å². The smallest absolute Gasteiger partial charge is 0.313 e. The minimum absolute atomic E-state index is 0.120. The van der Waals surface area contributed by atoms with Crippen LogP contribution in [0.4, 0.5) is 0 Å². The van der Waals surface area contributed by atoms with Gasteiger partial charge in [-0.2, -0.15) is 0 Å². The van der Waals surface area contributed by atoms with E-state index in [4.69, 9.17) is 4.74 Å². The van der Waals surface area contributed by atoms with Crippen molar-refractivity contribution in [3.8, 4) is 0 Å². The summed E-state index contributed by atoms with van der Waals surface area (Å²) in [5, 5.41) is 0. The summed E-state index contributed by atoms with van der Waals surface area (Å²) < 4.78 is 5.24. The molecule has 0 heterocycles. The number of carbonyl (C=O) groups is 2. The van der Waals surface area contributed by atoms with E-state index < -0.39 is 17.0 Å². The van der Waals surface area contributed by atoms with Crippen LogP contribution in [-0.2, 0) is 26.2 Å². The third-order valence-corrected chi connectivity index (χ3v) is 3.87. The summed E-state index contributed by atoms with van der Waals surface area (Å²) in [6.07, 6.45) is 0.775. The van der Waals surface area contributed by atoms with Crippen LogP contribution in [0.3, 0.4) is 0 Å².